The van der Waals surface area contributed by atoms with Crippen LogP contribution in [0.2, 0.25) is 0 Å². The molecule has 4 N–H and O–H groups in total. The number of hydrogen-bond donors (Lipinski definition) is 4. The predicted molar refractivity (Wildman–Crippen MR) is 218 cm³/mol. The molecule has 5 nitrogen and oxygen atoms in total. The van der Waals surface area contributed by atoms with Crippen LogP contribution in [-0.4, -0.2) is 46.1 Å². The minimum Gasteiger partial charge on any atom is -0.394 e. The highest BCUT2D eigenvalue weighted by Gasteiger charge is 2.26. The third kappa shape index (κ3) is 35.2. The summed E-state index contributed by atoms with van der Waals surface area (Å²) in [6.45, 7) is 4.16. The molecule has 0 saturated carbocycles. The van der Waals surface area contributed by atoms with Crippen molar-refractivity contribution in [2.75, 3.05) is 6.61 Å². The van der Waals surface area contributed by atoms with Gasteiger partial charge in [-0.15, -0.1) is 0 Å². The largest absolute Gasteiger partial charge is 0.394 e. The monoisotopic (exact) mass is 706 g/mol. The van der Waals surface area contributed by atoms with E-state index in [1.165, 1.54) is 167 Å². The lowest BCUT2D eigenvalue weighted by Gasteiger charge is -2.26. The zero-order chi connectivity index (χ0) is 36.6. The maximum absolute atomic E-state index is 12.4. The molecule has 0 aliphatic carbocycles. The van der Waals surface area contributed by atoms with Crippen molar-refractivity contribution in [3.05, 3.63) is 24.3 Å². The van der Waals surface area contributed by atoms with Gasteiger partial charge in [0.15, 0.2) is 0 Å². The van der Waals surface area contributed by atoms with Gasteiger partial charge in [0.2, 0.25) is 5.91 Å². The number of aliphatic hydroxyl groups is 3. The lowest BCUT2D eigenvalue weighted by molar-refractivity contribution is -0.124. The van der Waals surface area contributed by atoms with Gasteiger partial charge in [-0.2, -0.15) is 0 Å². The van der Waals surface area contributed by atoms with Crippen molar-refractivity contribution < 1.29 is 20.1 Å². The summed E-state index contributed by atoms with van der Waals surface area (Å²) >= 11 is 0. The number of aliphatic hydroxyl groups excluding tert-OH is 3. The van der Waals surface area contributed by atoms with E-state index in [1.54, 1.807) is 0 Å². The van der Waals surface area contributed by atoms with Crippen molar-refractivity contribution in [1.29, 1.82) is 0 Å². The quantitative estimate of drug-likeness (QED) is 0.0377. The number of allylic oxidation sites excluding steroid dienone is 4. The van der Waals surface area contributed by atoms with E-state index in [0.717, 1.165) is 38.5 Å². The van der Waals surface area contributed by atoms with Gasteiger partial charge in [-0.25, -0.2) is 0 Å². The van der Waals surface area contributed by atoms with Crippen molar-refractivity contribution in [1.82, 2.24) is 5.32 Å². The first-order valence-corrected chi connectivity index (χ1v) is 22.1. The zero-order valence-electron chi connectivity index (χ0n) is 33.5. The fourth-order valence-electron chi connectivity index (χ4n) is 6.80. The Hall–Kier alpha value is -1.17. The number of nitrogens with one attached hydrogen (secondary N) is 1. The van der Waals surface area contributed by atoms with Gasteiger partial charge in [0.1, 0.15) is 6.10 Å². The van der Waals surface area contributed by atoms with Crippen LogP contribution in [0.25, 0.3) is 0 Å². The molecule has 5 heteroatoms. The summed E-state index contributed by atoms with van der Waals surface area (Å²) in [6.07, 6.45) is 48.6. The fourth-order valence-corrected chi connectivity index (χ4v) is 6.80. The second kappa shape index (κ2) is 40.6. The first-order valence-electron chi connectivity index (χ1n) is 22.1. The van der Waals surface area contributed by atoms with Crippen molar-refractivity contribution in [3.63, 3.8) is 0 Å². The molecule has 296 valence electrons. The Bertz CT molecular complexity index is 739. The molecule has 0 fully saturated rings. The van der Waals surface area contributed by atoms with Crippen LogP contribution in [0.15, 0.2) is 24.3 Å². The molecule has 0 bridgehead atoms. The Morgan fingerprint density at radius 1 is 0.480 bits per heavy atom. The molecular formula is C45H87NO4. The molecule has 0 saturated heterocycles. The average Bonchev–Trinajstić information content (AvgIpc) is 3.12. The summed E-state index contributed by atoms with van der Waals surface area (Å²) in [7, 11) is 0. The predicted octanol–water partition coefficient (Wildman–Crippen LogP) is 12.6. The average molecular weight is 706 g/mol. The van der Waals surface area contributed by atoms with E-state index in [2.05, 4.69) is 43.5 Å². The molecule has 0 spiro atoms. The number of unbranched alkanes of at least 4 members (excludes halogenated alkanes) is 28. The van der Waals surface area contributed by atoms with Crippen LogP contribution in [0.3, 0.4) is 0 Å². The molecule has 50 heavy (non-hydrogen) atoms. The number of carbonyl (C=O) groups is 1. The zero-order valence-corrected chi connectivity index (χ0v) is 33.5. The van der Waals surface area contributed by atoms with Crippen molar-refractivity contribution in [2.45, 2.75) is 250 Å². The maximum Gasteiger partial charge on any atom is 0.220 e. The van der Waals surface area contributed by atoms with E-state index >= 15 is 0 Å². The van der Waals surface area contributed by atoms with Crippen molar-refractivity contribution in [3.8, 4) is 0 Å². The van der Waals surface area contributed by atoms with E-state index in [0.29, 0.717) is 12.8 Å². The van der Waals surface area contributed by atoms with E-state index in [9.17, 15) is 20.1 Å². The molecule has 0 aliphatic rings. The molecular weight excluding hydrogens is 618 g/mol. The lowest BCUT2D eigenvalue weighted by atomic mass is 10.0. The van der Waals surface area contributed by atoms with Crippen LogP contribution in [-0.2, 0) is 4.79 Å². The first kappa shape index (κ1) is 48.8. The molecule has 0 radical (unpaired) electrons. The maximum atomic E-state index is 12.4. The smallest absolute Gasteiger partial charge is 0.220 e. The Labute approximate surface area is 312 Å². The lowest BCUT2D eigenvalue weighted by Crippen LogP contribution is -2.50. The van der Waals surface area contributed by atoms with Crippen LogP contribution in [0.1, 0.15) is 232 Å². The topological polar surface area (TPSA) is 89.8 Å². The van der Waals surface area contributed by atoms with Gasteiger partial charge in [0, 0.05) is 6.42 Å². The molecule has 0 aromatic heterocycles. The summed E-state index contributed by atoms with van der Waals surface area (Å²) in [5.41, 5.74) is 0. The summed E-state index contributed by atoms with van der Waals surface area (Å²) in [6, 6.07) is -0.826. The second-order valence-corrected chi connectivity index (χ2v) is 15.2. The first-order chi connectivity index (χ1) is 24.6. The van der Waals surface area contributed by atoms with Gasteiger partial charge in [0.05, 0.1) is 18.8 Å². The van der Waals surface area contributed by atoms with Crippen molar-refractivity contribution in [2.24, 2.45) is 0 Å². The van der Waals surface area contributed by atoms with Gasteiger partial charge in [0.25, 0.3) is 0 Å². The highest BCUT2D eigenvalue weighted by Crippen LogP contribution is 2.15. The van der Waals surface area contributed by atoms with Crippen LogP contribution < -0.4 is 5.32 Å². The number of hydrogen-bond acceptors (Lipinski definition) is 4. The molecule has 3 unspecified atom stereocenters. The van der Waals surface area contributed by atoms with Crippen LogP contribution >= 0.6 is 0 Å². The Morgan fingerprint density at radius 2 is 0.800 bits per heavy atom. The second-order valence-electron chi connectivity index (χ2n) is 15.2. The van der Waals surface area contributed by atoms with E-state index in [-0.39, 0.29) is 12.5 Å². The minimum absolute atomic E-state index is 0.159. The highest BCUT2D eigenvalue weighted by atomic mass is 16.3. The minimum atomic E-state index is -1.16. The van der Waals surface area contributed by atoms with Crippen LogP contribution in [0.5, 0.6) is 0 Å². The molecule has 0 rings (SSSR count). The SMILES string of the molecule is CCCCCC/C=C\CCCCCCCCCC(=O)NC(CO)C(O)C(O)CCC/C=C/CCCCCCCCCCCCCCCCCC. The summed E-state index contributed by atoms with van der Waals surface area (Å²) in [4.78, 5) is 12.4. The molecule has 0 heterocycles. The standard InChI is InChI=1S/C45H87NO4/c1-3-5-7-9-11-13-15-17-19-20-21-22-23-24-26-27-29-31-33-35-37-39-43(48)45(50)42(41-47)46-44(49)40-38-36-34-32-30-28-25-18-16-14-12-10-8-6-4-2/h14,16,31,33,42-43,45,47-48,50H,3-13,15,17-30,32,34-41H2,1-2H3,(H,46,49)/b16-14-,33-31+. The summed E-state index contributed by atoms with van der Waals surface area (Å²) < 4.78 is 0. The van der Waals surface area contributed by atoms with E-state index in [1.807, 2.05) is 0 Å². The fraction of sp³-hybridized carbons (Fsp3) is 0.889. The highest BCUT2D eigenvalue weighted by molar-refractivity contribution is 5.76. The molecule has 1 amide bonds. The van der Waals surface area contributed by atoms with Crippen molar-refractivity contribution >= 4 is 5.91 Å². The third-order valence-electron chi connectivity index (χ3n) is 10.3. The Balaban J connectivity index is 3.65. The van der Waals surface area contributed by atoms with Crippen LogP contribution in [0.4, 0.5) is 0 Å². The molecule has 0 aromatic rings. The Morgan fingerprint density at radius 3 is 1.18 bits per heavy atom. The number of amides is 1. The normalized spacial score (nSPS) is 13.8. The molecule has 0 aromatic carbocycles. The van der Waals surface area contributed by atoms with Gasteiger partial charge < -0.3 is 20.6 Å². The summed E-state index contributed by atoms with van der Waals surface area (Å²) in [5.74, 6) is -0.159. The van der Waals surface area contributed by atoms with E-state index in [4.69, 9.17) is 0 Å². The number of rotatable bonds is 40. The van der Waals surface area contributed by atoms with Gasteiger partial charge in [-0.3, -0.25) is 4.79 Å². The molecule has 3 atom stereocenters. The number of carbonyl (C=O) groups excluding carboxylic acids is 1. The summed E-state index contributed by atoms with van der Waals surface area (Å²) in [5, 5.41) is 33.5. The Kier molecular flexibility index (Phi) is 39.6. The third-order valence-corrected chi connectivity index (χ3v) is 10.3. The van der Waals surface area contributed by atoms with Gasteiger partial charge >= 0.3 is 0 Å². The van der Waals surface area contributed by atoms with Crippen LogP contribution in [0, 0.1) is 0 Å². The molecule has 0 aliphatic heterocycles. The van der Waals surface area contributed by atoms with E-state index < -0.39 is 18.2 Å². The van der Waals surface area contributed by atoms with Gasteiger partial charge in [-0.05, 0) is 64.2 Å². The van der Waals surface area contributed by atoms with Gasteiger partial charge in [-0.1, -0.05) is 186 Å².